The predicted molar refractivity (Wildman–Crippen MR) is 107 cm³/mol. The number of amides is 2. The molecule has 2 amide bonds. The van der Waals surface area contributed by atoms with Gasteiger partial charge in [0.05, 0.1) is 6.10 Å². The minimum atomic E-state index is -0.873. The number of nitrogens with one attached hydrogen (secondary N) is 1. The molecule has 152 valence electrons. The fourth-order valence-electron chi connectivity index (χ4n) is 3.38. The average molecular weight is 396 g/mol. The van der Waals surface area contributed by atoms with Crippen LogP contribution in [0.4, 0.5) is 5.69 Å². The lowest BCUT2D eigenvalue weighted by atomic mass is 10.0. The van der Waals surface area contributed by atoms with Crippen LogP contribution >= 0.6 is 0 Å². The number of rotatable bonds is 7. The van der Waals surface area contributed by atoms with Gasteiger partial charge in [-0.25, -0.2) is 0 Å². The third kappa shape index (κ3) is 5.42. The molecule has 2 aromatic rings. The van der Waals surface area contributed by atoms with E-state index in [1.807, 2.05) is 36.4 Å². The highest BCUT2D eigenvalue weighted by Crippen LogP contribution is 2.21. The van der Waals surface area contributed by atoms with Gasteiger partial charge in [0.15, 0.2) is 0 Å². The van der Waals surface area contributed by atoms with Gasteiger partial charge in [0, 0.05) is 18.7 Å². The van der Waals surface area contributed by atoms with Crippen molar-refractivity contribution < 1.29 is 24.2 Å². The highest BCUT2D eigenvalue weighted by molar-refractivity contribution is 5.98. The molecule has 7 heteroatoms. The molecule has 29 heavy (non-hydrogen) atoms. The molecule has 1 aliphatic rings. The summed E-state index contributed by atoms with van der Waals surface area (Å²) in [6.07, 6.45) is -0.0585. The maximum absolute atomic E-state index is 13.0. The molecule has 0 aliphatic carbocycles. The maximum Gasteiger partial charge on any atom is 0.303 e. The van der Waals surface area contributed by atoms with Crippen molar-refractivity contribution in [2.45, 2.75) is 38.5 Å². The molecule has 2 atom stereocenters. The molecule has 0 radical (unpaired) electrons. The van der Waals surface area contributed by atoms with E-state index in [9.17, 15) is 14.4 Å². The Balaban J connectivity index is 1.75. The Morgan fingerprint density at radius 3 is 2.59 bits per heavy atom. The second-order valence-corrected chi connectivity index (χ2v) is 7.05. The van der Waals surface area contributed by atoms with Crippen LogP contribution in [0.3, 0.4) is 0 Å². The Morgan fingerprint density at radius 2 is 1.86 bits per heavy atom. The lowest BCUT2D eigenvalue weighted by Gasteiger charge is -2.38. The van der Waals surface area contributed by atoms with Gasteiger partial charge in [-0.1, -0.05) is 42.5 Å². The van der Waals surface area contributed by atoms with Crippen LogP contribution in [-0.2, 0) is 32.1 Å². The average Bonchev–Trinajstić information content (AvgIpc) is 2.70. The second-order valence-electron chi connectivity index (χ2n) is 7.05. The summed E-state index contributed by atoms with van der Waals surface area (Å²) in [6, 6.07) is 15.8. The van der Waals surface area contributed by atoms with Crippen LogP contribution in [-0.4, -0.2) is 46.5 Å². The smallest absolute Gasteiger partial charge is 0.303 e. The minimum absolute atomic E-state index is 0.0181. The minimum Gasteiger partial charge on any atom is -0.481 e. The molecule has 0 bridgehead atoms. The molecule has 2 N–H and O–H groups in total. The number of carboxylic acid groups (broad SMARTS) is 1. The number of carbonyl (C=O) groups excluding carboxylic acids is 2. The first kappa shape index (κ1) is 20.5. The summed E-state index contributed by atoms with van der Waals surface area (Å²) in [7, 11) is 0. The van der Waals surface area contributed by atoms with Crippen molar-refractivity contribution in [3.63, 3.8) is 0 Å². The van der Waals surface area contributed by atoms with E-state index in [1.54, 1.807) is 30.0 Å². The Hall–Kier alpha value is -3.19. The molecular formula is C22H24N2O5. The first-order valence-electron chi connectivity index (χ1n) is 9.50. The van der Waals surface area contributed by atoms with Crippen molar-refractivity contribution in [2.75, 3.05) is 11.9 Å². The Kier molecular flexibility index (Phi) is 6.61. The third-order valence-corrected chi connectivity index (χ3v) is 4.86. The molecule has 1 aliphatic heterocycles. The summed E-state index contributed by atoms with van der Waals surface area (Å²) in [5.74, 6) is -1.44. The summed E-state index contributed by atoms with van der Waals surface area (Å²) in [4.78, 5) is 37.8. The fourth-order valence-corrected chi connectivity index (χ4v) is 3.38. The number of ether oxygens (including phenoxy) is 1. The van der Waals surface area contributed by atoms with E-state index in [2.05, 4.69) is 5.32 Å². The standard InChI is InChI=1S/C22H24N2O5/c1-15-21(24(19(25)14-29-15)13-17-6-3-2-4-7-17)22(28)23-18-9-5-8-16(12-18)10-11-20(26)27/h2-9,12,15,21H,10-11,13-14H2,1H3,(H,23,28)(H,26,27)/t15-,21+/m1/s1. The van der Waals surface area contributed by atoms with Gasteiger partial charge in [0.25, 0.3) is 0 Å². The summed E-state index contributed by atoms with van der Waals surface area (Å²) in [5.41, 5.74) is 2.31. The molecule has 0 unspecified atom stereocenters. The van der Waals surface area contributed by atoms with Crippen LogP contribution in [0, 0.1) is 0 Å². The van der Waals surface area contributed by atoms with Gasteiger partial charge in [-0.15, -0.1) is 0 Å². The van der Waals surface area contributed by atoms with E-state index >= 15 is 0 Å². The zero-order valence-electron chi connectivity index (χ0n) is 16.2. The van der Waals surface area contributed by atoms with Crippen LogP contribution in [0.5, 0.6) is 0 Å². The molecule has 2 aromatic carbocycles. The SMILES string of the molecule is C[C@H]1OCC(=O)N(Cc2ccccc2)[C@@H]1C(=O)Nc1cccc(CCC(=O)O)c1. The molecule has 0 saturated carbocycles. The van der Waals surface area contributed by atoms with E-state index in [-0.39, 0.29) is 24.8 Å². The summed E-state index contributed by atoms with van der Waals surface area (Å²) >= 11 is 0. The fraction of sp³-hybridized carbons (Fsp3) is 0.318. The highest BCUT2D eigenvalue weighted by Gasteiger charge is 2.39. The van der Waals surface area contributed by atoms with Crippen LogP contribution in [0.15, 0.2) is 54.6 Å². The zero-order chi connectivity index (χ0) is 20.8. The quantitative estimate of drug-likeness (QED) is 0.750. The number of anilines is 1. The van der Waals surface area contributed by atoms with Gasteiger partial charge in [-0.05, 0) is 36.6 Å². The molecule has 0 spiro atoms. The molecule has 0 aromatic heterocycles. The van der Waals surface area contributed by atoms with E-state index in [0.717, 1.165) is 11.1 Å². The number of morpholine rings is 1. The summed E-state index contributed by atoms with van der Waals surface area (Å²) in [5, 5.41) is 11.7. The molecule has 1 fully saturated rings. The topological polar surface area (TPSA) is 95.9 Å². The lowest BCUT2D eigenvalue weighted by Crippen LogP contribution is -2.58. The molecular weight excluding hydrogens is 372 g/mol. The van der Waals surface area contributed by atoms with E-state index < -0.39 is 18.1 Å². The predicted octanol–water partition coefficient (Wildman–Crippen LogP) is 2.46. The molecule has 1 heterocycles. The van der Waals surface area contributed by atoms with Gasteiger partial charge in [-0.2, -0.15) is 0 Å². The number of hydrogen-bond donors (Lipinski definition) is 2. The molecule has 3 rings (SSSR count). The Labute approximate surface area is 169 Å². The van der Waals surface area contributed by atoms with Crippen molar-refractivity contribution in [2.24, 2.45) is 0 Å². The number of carbonyl (C=O) groups is 3. The number of hydrogen-bond acceptors (Lipinski definition) is 4. The zero-order valence-corrected chi connectivity index (χ0v) is 16.2. The third-order valence-electron chi connectivity index (χ3n) is 4.86. The largest absolute Gasteiger partial charge is 0.481 e. The van der Waals surface area contributed by atoms with Crippen LogP contribution in [0.25, 0.3) is 0 Å². The first-order chi connectivity index (χ1) is 13.9. The number of aliphatic carboxylic acids is 1. The Morgan fingerprint density at radius 1 is 1.14 bits per heavy atom. The second kappa shape index (κ2) is 9.34. The van der Waals surface area contributed by atoms with Crippen LogP contribution in [0.2, 0.25) is 0 Å². The summed E-state index contributed by atoms with van der Waals surface area (Å²) < 4.78 is 5.50. The lowest BCUT2D eigenvalue weighted by molar-refractivity contribution is -0.161. The monoisotopic (exact) mass is 396 g/mol. The van der Waals surface area contributed by atoms with Crippen molar-refractivity contribution in [1.82, 2.24) is 4.90 Å². The first-order valence-corrected chi connectivity index (χ1v) is 9.50. The van der Waals surface area contributed by atoms with Crippen LogP contribution in [0.1, 0.15) is 24.5 Å². The van der Waals surface area contributed by atoms with Gasteiger partial charge in [-0.3, -0.25) is 14.4 Å². The van der Waals surface area contributed by atoms with Crippen molar-refractivity contribution in [1.29, 1.82) is 0 Å². The van der Waals surface area contributed by atoms with Crippen molar-refractivity contribution in [3.05, 3.63) is 65.7 Å². The van der Waals surface area contributed by atoms with E-state index in [4.69, 9.17) is 9.84 Å². The number of benzene rings is 2. The van der Waals surface area contributed by atoms with E-state index in [1.165, 1.54) is 0 Å². The van der Waals surface area contributed by atoms with Crippen molar-refractivity contribution >= 4 is 23.5 Å². The normalized spacial score (nSPS) is 19.1. The molecule has 7 nitrogen and oxygen atoms in total. The van der Waals surface area contributed by atoms with Gasteiger partial charge >= 0.3 is 5.97 Å². The molecule has 1 saturated heterocycles. The van der Waals surface area contributed by atoms with Gasteiger partial charge in [0.2, 0.25) is 11.8 Å². The van der Waals surface area contributed by atoms with Gasteiger partial charge < -0.3 is 20.1 Å². The highest BCUT2D eigenvalue weighted by atomic mass is 16.5. The summed E-state index contributed by atoms with van der Waals surface area (Å²) in [6.45, 7) is 2.05. The van der Waals surface area contributed by atoms with E-state index in [0.29, 0.717) is 18.7 Å². The number of carboxylic acids is 1. The maximum atomic E-state index is 13.0. The van der Waals surface area contributed by atoms with Gasteiger partial charge in [0.1, 0.15) is 12.6 Å². The Bertz CT molecular complexity index is 884. The number of nitrogens with zero attached hydrogens (tertiary/aromatic N) is 1. The van der Waals surface area contributed by atoms with Crippen molar-refractivity contribution in [3.8, 4) is 0 Å². The number of aryl methyl sites for hydroxylation is 1. The van der Waals surface area contributed by atoms with Crippen LogP contribution < -0.4 is 5.32 Å².